The van der Waals surface area contributed by atoms with Crippen molar-refractivity contribution in [2.75, 3.05) is 25.1 Å². The van der Waals surface area contributed by atoms with Crippen LogP contribution in [-0.4, -0.2) is 43.0 Å². The van der Waals surface area contributed by atoms with Gasteiger partial charge in [0.1, 0.15) is 12.3 Å². The van der Waals surface area contributed by atoms with E-state index in [1.165, 1.54) is 5.56 Å². The van der Waals surface area contributed by atoms with Crippen molar-refractivity contribution in [2.45, 2.75) is 32.2 Å². The number of piperazine rings is 1. The Labute approximate surface area is 165 Å². The number of hydrogen-bond acceptors (Lipinski definition) is 3. The first-order valence-corrected chi connectivity index (χ1v) is 9.79. The molecule has 2 aromatic carbocycles. The minimum absolute atomic E-state index is 0.0452. The first kappa shape index (κ1) is 18.5. The molecule has 2 fully saturated rings. The van der Waals surface area contributed by atoms with Crippen LogP contribution in [0.5, 0.6) is 5.75 Å². The molecule has 1 aliphatic carbocycles. The number of benzene rings is 2. The minimum Gasteiger partial charge on any atom is -0.497 e. The predicted octanol–water partition coefficient (Wildman–Crippen LogP) is 3.28. The highest BCUT2D eigenvalue weighted by molar-refractivity contribution is 5.99. The minimum atomic E-state index is -0.284. The molecular formula is C23H26N2O3. The molecule has 5 nitrogen and oxygen atoms in total. The SMILES string of the molecule is COc1cccc(N2CC(Cc3ccccc3)N(C(=O)C3(C)CC3)CC2=O)c1. The van der Waals surface area contributed by atoms with Crippen molar-refractivity contribution in [3.8, 4) is 5.75 Å². The monoisotopic (exact) mass is 378 g/mol. The largest absolute Gasteiger partial charge is 0.497 e. The van der Waals surface area contributed by atoms with Gasteiger partial charge < -0.3 is 14.5 Å². The summed E-state index contributed by atoms with van der Waals surface area (Å²) >= 11 is 0. The number of carbonyl (C=O) groups is 2. The van der Waals surface area contributed by atoms with E-state index >= 15 is 0 Å². The maximum Gasteiger partial charge on any atom is 0.246 e. The predicted molar refractivity (Wildman–Crippen MR) is 108 cm³/mol. The fraction of sp³-hybridized carbons (Fsp3) is 0.391. The molecule has 1 atom stereocenters. The maximum absolute atomic E-state index is 13.1. The van der Waals surface area contributed by atoms with Gasteiger partial charge in [0.25, 0.3) is 0 Å². The highest BCUT2D eigenvalue weighted by atomic mass is 16.5. The van der Waals surface area contributed by atoms with Crippen LogP contribution in [0.25, 0.3) is 0 Å². The topological polar surface area (TPSA) is 49.9 Å². The van der Waals surface area contributed by atoms with Gasteiger partial charge in [-0.15, -0.1) is 0 Å². The molecule has 0 aromatic heterocycles. The van der Waals surface area contributed by atoms with Crippen LogP contribution in [0.1, 0.15) is 25.3 Å². The van der Waals surface area contributed by atoms with Crippen molar-refractivity contribution in [3.63, 3.8) is 0 Å². The summed E-state index contributed by atoms with van der Waals surface area (Å²) in [5.41, 5.74) is 1.70. The van der Waals surface area contributed by atoms with Crippen molar-refractivity contribution < 1.29 is 14.3 Å². The van der Waals surface area contributed by atoms with Gasteiger partial charge in [0.05, 0.1) is 13.2 Å². The number of anilines is 1. The molecule has 2 aliphatic rings. The lowest BCUT2D eigenvalue weighted by molar-refractivity contribution is -0.143. The number of ether oxygens (including phenoxy) is 1. The van der Waals surface area contributed by atoms with Gasteiger partial charge in [0.2, 0.25) is 11.8 Å². The molecule has 1 aliphatic heterocycles. The summed E-state index contributed by atoms with van der Waals surface area (Å²) in [6.45, 7) is 2.62. The Balaban J connectivity index is 1.62. The molecule has 4 rings (SSSR count). The Morgan fingerprint density at radius 1 is 1.14 bits per heavy atom. The summed E-state index contributed by atoms with van der Waals surface area (Å²) < 4.78 is 5.31. The number of carbonyl (C=O) groups excluding carboxylic acids is 2. The van der Waals surface area contributed by atoms with E-state index in [2.05, 4.69) is 12.1 Å². The fourth-order valence-corrected chi connectivity index (χ4v) is 3.85. The van der Waals surface area contributed by atoms with E-state index in [9.17, 15) is 9.59 Å². The quantitative estimate of drug-likeness (QED) is 0.802. The molecule has 1 heterocycles. The van der Waals surface area contributed by atoms with E-state index in [1.54, 1.807) is 12.0 Å². The molecule has 0 N–H and O–H groups in total. The van der Waals surface area contributed by atoms with Gasteiger partial charge in [-0.05, 0) is 37.0 Å². The van der Waals surface area contributed by atoms with Crippen molar-refractivity contribution >= 4 is 17.5 Å². The van der Waals surface area contributed by atoms with Crippen LogP contribution < -0.4 is 9.64 Å². The highest BCUT2D eigenvalue weighted by Gasteiger charge is 2.50. The molecule has 0 radical (unpaired) electrons. The van der Waals surface area contributed by atoms with Crippen LogP contribution in [0, 0.1) is 5.41 Å². The highest BCUT2D eigenvalue weighted by Crippen LogP contribution is 2.47. The molecule has 28 heavy (non-hydrogen) atoms. The molecular weight excluding hydrogens is 352 g/mol. The number of rotatable bonds is 5. The summed E-state index contributed by atoms with van der Waals surface area (Å²) in [6.07, 6.45) is 2.55. The third-order valence-electron chi connectivity index (χ3n) is 5.90. The Bertz CT molecular complexity index is 876. The average Bonchev–Trinajstić information content (AvgIpc) is 3.48. The van der Waals surface area contributed by atoms with E-state index in [0.29, 0.717) is 12.3 Å². The van der Waals surface area contributed by atoms with E-state index in [0.717, 1.165) is 24.9 Å². The second-order valence-electron chi connectivity index (χ2n) is 8.04. The second kappa shape index (κ2) is 7.30. The number of methoxy groups -OCH3 is 1. The van der Waals surface area contributed by atoms with E-state index in [-0.39, 0.29) is 29.8 Å². The zero-order chi connectivity index (χ0) is 19.7. The van der Waals surface area contributed by atoms with Gasteiger partial charge in [-0.25, -0.2) is 0 Å². The van der Waals surface area contributed by atoms with Crippen LogP contribution in [-0.2, 0) is 16.0 Å². The normalized spacial score (nSPS) is 20.8. The summed E-state index contributed by atoms with van der Waals surface area (Å²) in [5.74, 6) is 0.788. The molecule has 1 saturated heterocycles. The Hall–Kier alpha value is -2.82. The molecule has 0 bridgehead atoms. The second-order valence-corrected chi connectivity index (χ2v) is 8.04. The molecule has 0 spiro atoms. The summed E-state index contributed by atoms with van der Waals surface area (Å²) in [4.78, 5) is 29.7. The number of nitrogens with zero attached hydrogens (tertiary/aromatic N) is 2. The van der Waals surface area contributed by atoms with Gasteiger partial charge in [0, 0.05) is 23.7 Å². The first-order chi connectivity index (χ1) is 13.5. The number of amides is 2. The van der Waals surface area contributed by atoms with Crippen LogP contribution in [0.2, 0.25) is 0 Å². The van der Waals surface area contributed by atoms with Crippen LogP contribution >= 0.6 is 0 Å². The zero-order valence-electron chi connectivity index (χ0n) is 16.4. The summed E-state index contributed by atoms with van der Waals surface area (Å²) in [6, 6.07) is 17.7. The lowest BCUT2D eigenvalue weighted by atomic mass is 9.98. The van der Waals surface area contributed by atoms with E-state index < -0.39 is 0 Å². The molecule has 2 aromatic rings. The van der Waals surface area contributed by atoms with Crippen molar-refractivity contribution in [1.82, 2.24) is 4.90 Å². The van der Waals surface area contributed by atoms with Crippen LogP contribution in [0.4, 0.5) is 5.69 Å². The average molecular weight is 378 g/mol. The Morgan fingerprint density at radius 3 is 2.57 bits per heavy atom. The number of hydrogen-bond donors (Lipinski definition) is 0. The van der Waals surface area contributed by atoms with Crippen molar-refractivity contribution in [2.24, 2.45) is 5.41 Å². The Morgan fingerprint density at radius 2 is 1.89 bits per heavy atom. The van der Waals surface area contributed by atoms with Gasteiger partial charge in [-0.1, -0.05) is 43.3 Å². The van der Waals surface area contributed by atoms with Gasteiger partial charge in [0.15, 0.2) is 0 Å². The zero-order valence-corrected chi connectivity index (χ0v) is 16.4. The smallest absolute Gasteiger partial charge is 0.246 e. The molecule has 1 unspecified atom stereocenters. The fourth-order valence-electron chi connectivity index (χ4n) is 3.85. The molecule has 2 amide bonds. The summed E-state index contributed by atoms with van der Waals surface area (Å²) in [5, 5.41) is 0. The van der Waals surface area contributed by atoms with Gasteiger partial charge in [-0.2, -0.15) is 0 Å². The maximum atomic E-state index is 13.1. The van der Waals surface area contributed by atoms with Crippen LogP contribution in [0.15, 0.2) is 54.6 Å². The van der Waals surface area contributed by atoms with Crippen LogP contribution in [0.3, 0.4) is 0 Å². The van der Waals surface area contributed by atoms with Gasteiger partial charge in [-0.3, -0.25) is 9.59 Å². The molecule has 5 heteroatoms. The van der Waals surface area contributed by atoms with E-state index in [4.69, 9.17) is 4.74 Å². The van der Waals surface area contributed by atoms with Gasteiger partial charge >= 0.3 is 0 Å². The van der Waals surface area contributed by atoms with Crippen molar-refractivity contribution in [3.05, 3.63) is 60.2 Å². The first-order valence-electron chi connectivity index (χ1n) is 9.79. The Kier molecular flexibility index (Phi) is 4.84. The van der Waals surface area contributed by atoms with E-state index in [1.807, 2.05) is 54.3 Å². The standard InChI is InChI=1S/C23H26N2O3/c1-23(11-12-23)22(27)25-16-21(26)24(18-9-6-10-20(14-18)28-2)15-19(25)13-17-7-4-3-5-8-17/h3-10,14,19H,11-13,15-16H2,1-2H3. The lowest BCUT2D eigenvalue weighted by Gasteiger charge is -2.42. The molecule has 146 valence electrons. The molecule has 1 saturated carbocycles. The summed E-state index contributed by atoms with van der Waals surface area (Å²) in [7, 11) is 1.62. The third kappa shape index (κ3) is 3.61. The lowest BCUT2D eigenvalue weighted by Crippen LogP contribution is -2.60. The third-order valence-corrected chi connectivity index (χ3v) is 5.90. The van der Waals surface area contributed by atoms with Crippen molar-refractivity contribution in [1.29, 1.82) is 0 Å².